The van der Waals surface area contributed by atoms with E-state index in [9.17, 15) is 13.2 Å². The van der Waals surface area contributed by atoms with E-state index in [4.69, 9.17) is 0 Å². The lowest BCUT2D eigenvalue weighted by Crippen LogP contribution is -2.42. The van der Waals surface area contributed by atoms with E-state index in [0.717, 1.165) is 11.8 Å². The Morgan fingerprint density at radius 3 is 2.09 bits per heavy atom. The monoisotopic (exact) mass is 326 g/mol. The van der Waals surface area contributed by atoms with Crippen LogP contribution in [0.3, 0.4) is 0 Å². The van der Waals surface area contributed by atoms with Crippen LogP contribution in [0.25, 0.3) is 0 Å². The van der Waals surface area contributed by atoms with E-state index >= 15 is 0 Å². The van der Waals surface area contributed by atoms with Gasteiger partial charge in [-0.05, 0) is 36.5 Å². The maximum Gasteiger partial charge on any atom is 0.251 e. The zero-order valence-electron chi connectivity index (χ0n) is 14.1. The smallest absolute Gasteiger partial charge is 0.251 e. The number of amides is 1. The van der Waals surface area contributed by atoms with Crippen LogP contribution in [-0.4, -0.2) is 26.6 Å². The zero-order chi connectivity index (χ0) is 17.1. The normalized spacial score (nSPS) is 12.0. The summed E-state index contributed by atoms with van der Waals surface area (Å²) in [5, 5.41) is 3.03. The van der Waals surface area contributed by atoms with E-state index < -0.39 is 10.0 Å². The summed E-state index contributed by atoms with van der Waals surface area (Å²) in [5.41, 5.74) is 1.65. The van der Waals surface area contributed by atoms with Crippen LogP contribution in [-0.2, 0) is 10.0 Å². The van der Waals surface area contributed by atoms with Crippen molar-refractivity contribution in [3.8, 4) is 0 Å². The fourth-order valence-electron chi connectivity index (χ4n) is 2.41. The fourth-order valence-corrected chi connectivity index (χ4v) is 3.03. The van der Waals surface area contributed by atoms with E-state index in [-0.39, 0.29) is 11.9 Å². The van der Waals surface area contributed by atoms with E-state index in [2.05, 4.69) is 37.7 Å². The third kappa shape index (κ3) is 5.33. The van der Waals surface area contributed by atoms with Gasteiger partial charge in [0.05, 0.1) is 11.9 Å². The van der Waals surface area contributed by atoms with Gasteiger partial charge in [0.1, 0.15) is 0 Å². The number of hydrogen-bond donors (Lipinski definition) is 2. The largest absolute Gasteiger partial charge is 0.349 e. The Bertz CT molecular complexity index is 629. The molecule has 0 aliphatic heterocycles. The molecule has 5 nitrogen and oxygen atoms in total. The Morgan fingerprint density at radius 2 is 1.64 bits per heavy atom. The van der Waals surface area contributed by atoms with Gasteiger partial charge >= 0.3 is 0 Å². The molecule has 0 atom stereocenters. The molecular formula is C16H26N2O3S. The average Bonchev–Trinajstić information content (AvgIpc) is 2.35. The lowest BCUT2D eigenvalue weighted by atomic mass is 9.93. The SMILES string of the molecule is Cc1ccc(C(=O)NC(C(C)C)C(C)C)cc1NS(C)(=O)=O. The Labute approximate surface area is 133 Å². The Hall–Kier alpha value is -1.56. The number of anilines is 1. The van der Waals surface area contributed by atoms with Gasteiger partial charge in [-0.2, -0.15) is 0 Å². The van der Waals surface area contributed by atoms with Gasteiger partial charge in [-0.3, -0.25) is 9.52 Å². The molecule has 0 fully saturated rings. The molecule has 0 radical (unpaired) electrons. The number of hydrogen-bond acceptors (Lipinski definition) is 3. The van der Waals surface area contributed by atoms with Crippen molar-refractivity contribution >= 4 is 21.6 Å². The lowest BCUT2D eigenvalue weighted by molar-refractivity contribution is 0.0910. The molecule has 1 rings (SSSR count). The number of benzene rings is 1. The molecule has 0 bridgehead atoms. The summed E-state index contributed by atoms with van der Waals surface area (Å²) in [5.74, 6) is 0.454. The number of carbonyl (C=O) groups excluding carboxylic acids is 1. The number of nitrogens with one attached hydrogen (secondary N) is 2. The highest BCUT2D eigenvalue weighted by Gasteiger charge is 2.20. The summed E-state index contributed by atoms with van der Waals surface area (Å²) in [7, 11) is -3.37. The molecule has 1 amide bonds. The molecule has 22 heavy (non-hydrogen) atoms. The second kappa shape index (κ2) is 7.13. The number of sulfonamides is 1. The summed E-state index contributed by atoms with van der Waals surface area (Å²) in [4.78, 5) is 12.4. The molecule has 124 valence electrons. The first-order valence-electron chi connectivity index (χ1n) is 7.40. The van der Waals surface area contributed by atoms with Crippen molar-refractivity contribution in [1.82, 2.24) is 5.32 Å². The van der Waals surface area contributed by atoms with Gasteiger partial charge < -0.3 is 5.32 Å². The van der Waals surface area contributed by atoms with Crippen LogP contribution < -0.4 is 10.0 Å². The quantitative estimate of drug-likeness (QED) is 0.844. The summed E-state index contributed by atoms with van der Waals surface area (Å²) in [6, 6.07) is 5.08. The molecule has 0 saturated heterocycles. The summed E-state index contributed by atoms with van der Waals surface area (Å²) < 4.78 is 25.2. The minimum absolute atomic E-state index is 0.0696. The van der Waals surface area contributed by atoms with Crippen molar-refractivity contribution in [2.45, 2.75) is 40.7 Å². The van der Waals surface area contributed by atoms with Gasteiger partial charge in [-0.1, -0.05) is 33.8 Å². The number of carbonyl (C=O) groups is 1. The topological polar surface area (TPSA) is 75.3 Å². The Morgan fingerprint density at radius 1 is 1.09 bits per heavy atom. The van der Waals surface area contributed by atoms with Crippen LogP contribution in [0.1, 0.15) is 43.6 Å². The minimum Gasteiger partial charge on any atom is -0.349 e. The molecule has 0 heterocycles. The van der Waals surface area contributed by atoms with Crippen LogP contribution >= 0.6 is 0 Å². The predicted molar refractivity (Wildman–Crippen MR) is 90.6 cm³/mol. The molecule has 0 saturated carbocycles. The van der Waals surface area contributed by atoms with Gasteiger partial charge in [0.15, 0.2) is 0 Å². The third-order valence-corrected chi connectivity index (χ3v) is 4.12. The van der Waals surface area contributed by atoms with Crippen molar-refractivity contribution in [2.24, 2.45) is 11.8 Å². The van der Waals surface area contributed by atoms with E-state index in [1.807, 2.05) is 0 Å². The van der Waals surface area contributed by atoms with Gasteiger partial charge in [0, 0.05) is 11.6 Å². The maximum absolute atomic E-state index is 12.4. The molecular weight excluding hydrogens is 300 g/mol. The molecule has 0 spiro atoms. The van der Waals surface area contributed by atoms with E-state index in [1.165, 1.54) is 0 Å². The highest BCUT2D eigenvalue weighted by atomic mass is 32.2. The Kier molecular flexibility index (Phi) is 6.00. The van der Waals surface area contributed by atoms with Crippen molar-refractivity contribution in [2.75, 3.05) is 11.0 Å². The maximum atomic E-state index is 12.4. The predicted octanol–water partition coefficient (Wildman–Crippen LogP) is 2.78. The van der Waals surface area contributed by atoms with Crippen molar-refractivity contribution in [3.05, 3.63) is 29.3 Å². The van der Waals surface area contributed by atoms with Crippen molar-refractivity contribution < 1.29 is 13.2 Å². The van der Waals surface area contributed by atoms with Gasteiger partial charge in [-0.15, -0.1) is 0 Å². The first-order chi connectivity index (χ1) is 10.0. The molecule has 6 heteroatoms. The van der Waals surface area contributed by atoms with E-state index in [1.54, 1.807) is 25.1 Å². The summed E-state index contributed by atoms with van der Waals surface area (Å²) >= 11 is 0. The summed E-state index contributed by atoms with van der Waals surface area (Å²) in [6.07, 6.45) is 1.09. The first kappa shape index (κ1) is 18.5. The number of rotatable bonds is 6. The van der Waals surface area contributed by atoms with Crippen LogP contribution in [0.15, 0.2) is 18.2 Å². The summed E-state index contributed by atoms with van der Waals surface area (Å²) in [6.45, 7) is 10.1. The molecule has 1 aromatic carbocycles. The molecule has 1 aromatic rings. The zero-order valence-corrected chi connectivity index (χ0v) is 14.9. The van der Waals surface area contributed by atoms with Crippen LogP contribution in [0, 0.1) is 18.8 Å². The molecule has 2 N–H and O–H groups in total. The fraction of sp³-hybridized carbons (Fsp3) is 0.562. The molecule has 0 unspecified atom stereocenters. The molecule has 0 aliphatic rings. The minimum atomic E-state index is -3.37. The van der Waals surface area contributed by atoms with Crippen LogP contribution in [0.4, 0.5) is 5.69 Å². The first-order valence-corrected chi connectivity index (χ1v) is 9.29. The van der Waals surface area contributed by atoms with Crippen molar-refractivity contribution in [3.63, 3.8) is 0 Å². The second-order valence-electron chi connectivity index (χ2n) is 6.39. The van der Waals surface area contributed by atoms with Gasteiger partial charge in [0.2, 0.25) is 10.0 Å². The van der Waals surface area contributed by atoms with E-state index in [0.29, 0.717) is 23.1 Å². The van der Waals surface area contributed by atoms with Crippen molar-refractivity contribution in [1.29, 1.82) is 0 Å². The van der Waals surface area contributed by atoms with Crippen LogP contribution in [0.5, 0.6) is 0 Å². The highest BCUT2D eigenvalue weighted by molar-refractivity contribution is 7.92. The Balaban J connectivity index is 3.02. The standard InChI is InChI=1S/C16H26N2O3S/c1-10(2)15(11(3)4)17-16(19)13-8-7-12(5)14(9-13)18-22(6,20)21/h7-11,15,18H,1-6H3,(H,17,19). The van der Waals surface area contributed by atoms with Gasteiger partial charge in [0.25, 0.3) is 5.91 Å². The average molecular weight is 326 g/mol. The van der Waals surface area contributed by atoms with Crippen LogP contribution in [0.2, 0.25) is 0 Å². The van der Waals surface area contributed by atoms with Gasteiger partial charge in [-0.25, -0.2) is 8.42 Å². The second-order valence-corrected chi connectivity index (χ2v) is 8.14. The molecule has 0 aliphatic carbocycles. The lowest BCUT2D eigenvalue weighted by Gasteiger charge is -2.26. The third-order valence-electron chi connectivity index (χ3n) is 3.53. The molecule has 0 aromatic heterocycles. The number of aryl methyl sites for hydroxylation is 1. The highest BCUT2D eigenvalue weighted by Crippen LogP contribution is 2.19.